The van der Waals surface area contributed by atoms with Gasteiger partial charge in [0, 0.05) is 6.04 Å². The number of benzene rings is 1. The highest BCUT2D eigenvalue weighted by Crippen LogP contribution is 2.24. The summed E-state index contributed by atoms with van der Waals surface area (Å²) in [6.07, 6.45) is 3.46. The van der Waals surface area contributed by atoms with Gasteiger partial charge in [-0.05, 0) is 58.2 Å². The van der Waals surface area contributed by atoms with Crippen molar-refractivity contribution in [2.45, 2.75) is 53.0 Å². The van der Waals surface area contributed by atoms with Crippen LogP contribution in [0.1, 0.15) is 42.9 Å². The average Bonchev–Trinajstić information content (AvgIpc) is 2.32. The molecule has 1 rings (SSSR count). The Balaban J connectivity index is 2.44. The van der Waals surface area contributed by atoms with Gasteiger partial charge in [0.05, 0.1) is 6.61 Å². The maximum absolute atomic E-state index is 5.93. The molecule has 0 amide bonds. The van der Waals surface area contributed by atoms with Crippen LogP contribution in [0.5, 0.6) is 5.75 Å². The van der Waals surface area contributed by atoms with E-state index in [1.54, 1.807) is 0 Å². The van der Waals surface area contributed by atoms with Crippen LogP contribution in [0.15, 0.2) is 12.1 Å². The normalized spacial score (nSPS) is 12.5. The van der Waals surface area contributed by atoms with Crippen molar-refractivity contribution in [2.24, 2.45) is 0 Å². The van der Waals surface area contributed by atoms with Crippen LogP contribution < -0.4 is 10.1 Å². The topological polar surface area (TPSA) is 21.3 Å². The molecule has 0 aliphatic rings. The largest absolute Gasteiger partial charge is 0.493 e. The van der Waals surface area contributed by atoms with Crippen molar-refractivity contribution in [1.29, 1.82) is 0 Å². The lowest BCUT2D eigenvalue weighted by molar-refractivity contribution is 0.293. The molecule has 1 unspecified atom stereocenters. The van der Waals surface area contributed by atoms with Crippen molar-refractivity contribution in [3.8, 4) is 5.75 Å². The standard InChI is InChI=1S/C16H27NO/c1-6-15(17-5)8-7-9-18-16-13(3)10-12(2)11-14(16)4/h10-11,15,17H,6-9H2,1-5H3. The summed E-state index contributed by atoms with van der Waals surface area (Å²) < 4.78 is 5.93. The van der Waals surface area contributed by atoms with E-state index in [0.717, 1.165) is 18.8 Å². The first-order chi connectivity index (χ1) is 8.58. The molecule has 0 fully saturated rings. The molecule has 0 aliphatic heterocycles. The minimum Gasteiger partial charge on any atom is -0.493 e. The van der Waals surface area contributed by atoms with Gasteiger partial charge in [-0.2, -0.15) is 0 Å². The van der Waals surface area contributed by atoms with Gasteiger partial charge in [0.2, 0.25) is 0 Å². The number of ether oxygens (including phenoxy) is 1. The first-order valence-electron chi connectivity index (χ1n) is 6.96. The predicted octanol–water partition coefficient (Wildman–Crippen LogP) is 3.77. The fourth-order valence-electron chi connectivity index (χ4n) is 2.45. The van der Waals surface area contributed by atoms with Crippen molar-refractivity contribution in [3.63, 3.8) is 0 Å². The zero-order chi connectivity index (χ0) is 13.5. The molecular formula is C16H27NO. The molecule has 0 aromatic heterocycles. The lowest BCUT2D eigenvalue weighted by Gasteiger charge is -2.16. The average molecular weight is 249 g/mol. The molecule has 0 radical (unpaired) electrons. The highest BCUT2D eigenvalue weighted by atomic mass is 16.5. The van der Waals surface area contributed by atoms with E-state index in [9.17, 15) is 0 Å². The molecule has 0 bridgehead atoms. The summed E-state index contributed by atoms with van der Waals surface area (Å²) in [5.41, 5.74) is 3.79. The fraction of sp³-hybridized carbons (Fsp3) is 0.625. The van der Waals surface area contributed by atoms with Crippen molar-refractivity contribution < 1.29 is 4.74 Å². The summed E-state index contributed by atoms with van der Waals surface area (Å²) in [5, 5.41) is 3.33. The van der Waals surface area contributed by atoms with Crippen LogP contribution >= 0.6 is 0 Å². The Morgan fingerprint density at radius 3 is 2.28 bits per heavy atom. The summed E-state index contributed by atoms with van der Waals surface area (Å²) in [7, 11) is 2.03. The molecule has 102 valence electrons. The zero-order valence-corrected chi connectivity index (χ0v) is 12.5. The smallest absolute Gasteiger partial charge is 0.125 e. The summed E-state index contributed by atoms with van der Waals surface area (Å²) >= 11 is 0. The molecule has 1 atom stereocenters. The van der Waals surface area contributed by atoms with E-state index in [2.05, 4.69) is 45.1 Å². The summed E-state index contributed by atoms with van der Waals surface area (Å²) in [4.78, 5) is 0. The monoisotopic (exact) mass is 249 g/mol. The summed E-state index contributed by atoms with van der Waals surface area (Å²) in [5.74, 6) is 1.07. The van der Waals surface area contributed by atoms with Crippen molar-refractivity contribution in [3.05, 3.63) is 28.8 Å². The Bertz CT molecular complexity index is 346. The summed E-state index contributed by atoms with van der Waals surface area (Å²) in [6.45, 7) is 9.40. The first kappa shape index (κ1) is 15.0. The quantitative estimate of drug-likeness (QED) is 0.743. The molecule has 0 saturated heterocycles. The first-order valence-corrected chi connectivity index (χ1v) is 6.96. The molecule has 2 heteroatoms. The van der Waals surface area contributed by atoms with Gasteiger partial charge in [-0.25, -0.2) is 0 Å². The molecule has 1 aromatic carbocycles. The third-order valence-electron chi connectivity index (χ3n) is 3.45. The second kappa shape index (κ2) is 7.42. The van der Waals surface area contributed by atoms with Gasteiger partial charge in [-0.3, -0.25) is 0 Å². The van der Waals surface area contributed by atoms with Crippen molar-refractivity contribution >= 4 is 0 Å². The van der Waals surface area contributed by atoms with E-state index in [0.29, 0.717) is 6.04 Å². The molecule has 0 spiro atoms. The molecule has 1 N–H and O–H groups in total. The Morgan fingerprint density at radius 2 is 1.78 bits per heavy atom. The van der Waals surface area contributed by atoms with Gasteiger partial charge in [0.15, 0.2) is 0 Å². The zero-order valence-electron chi connectivity index (χ0n) is 12.5. The highest BCUT2D eigenvalue weighted by Gasteiger charge is 2.06. The minimum atomic E-state index is 0.619. The predicted molar refractivity (Wildman–Crippen MR) is 78.5 cm³/mol. The Morgan fingerprint density at radius 1 is 1.17 bits per heavy atom. The summed E-state index contributed by atoms with van der Waals surface area (Å²) in [6, 6.07) is 4.99. The van der Waals surface area contributed by atoms with Crippen LogP contribution in [0.3, 0.4) is 0 Å². The van der Waals surface area contributed by atoms with Crippen LogP contribution in [-0.4, -0.2) is 19.7 Å². The molecule has 0 saturated carbocycles. The second-order valence-corrected chi connectivity index (χ2v) is 5.11. The number of aryl methyl sites for hydroxylation is 3. The molecule has 0 aliphatic carbocycles. The van der Waals surface area contributed by atoms with E-state index in [-0.39, 0.29) is 0 Å². The van der Waals surface area contributed by atoms with Crippen LogP contribution in [0.4, 0.5) is 0 Å². The second-order valence-electron chi connectivity index (χ2n) is 5.11. The number of nitrogens with one attached hydrogen (secondary N) is 1. The molecule has 0 heterocycles. The van der Waals surface area contributed by atoms with Crippen LogP contribution in [0.2, 0.25) is 0 Å². The SMILES string of the molecule is CCC(CCCOc1c(C)cc(C)cc1C)NC. The highest BCUT2D eigenvalue weighted by molar-refractivity contribution is 5.42. The molecule has 18 heavy (non-hydrogen) atoms. The van der Waals surface area contributed by atoms with Gasteiger partial charge in [-0.15, -0.1) is 0 Å². The van der Waals surface area contributed by atoms with Gasteiger partial charge < -0.3 is 10.1 Å². The van der Waals surface area contributed by atoms with E-state index < -0.39 is 0 Å². The number of hydrogen-bond donors (Lipinski definition) is 1. The maximum Gasteiger partial charge on any atom is 0.125 e. The van der Waals surface area contributed by atoms with Gasteiger partial charge in [-0.1, -0.05) is 24.6 Å². The fourth-order valence-corrected chi connectivity index (χ4v) is 2.45. The Kier molecular flexibility index (Phi) is 6.20. The van der Waals surface area contributed by atoms with Crippen LogP contribution in [0.25, 0.3) is 0 Å². The number of hydrogen-bond acceptors (Lipinski definition) is 2. The Labute approximate surface area is 112 Å². The Hall–Kier alpha value is -1.02. The molecular weight excluding hydrogens is 222 g/mol. The van der Waals surface area contributed by atoms with Crippen molar-refractivity contribution in [1.82, 2.24) is 5.32 Å². The van der Waals surface area contributed by atoms with Gasteiger partial charge >= 0.3 is 0 Å². The third kappa shape index (κ3) is 4.34. The van der Waals surface area contributed by atoms with Crippen molar-refractivity contribution in [2.75, 3.05) is 13.7 Å². The molecule has 2 nitrogen and oxygen atoms in total. The lowest BCUT2D eigenvalue weighted by Crippen LogP contribution is -2.24. The maximum atomic E-state index is 5.93. The van der Waals surface area contributed by atoms with Crippen LogP contribution in [-0.2, 0) is 0 Å². The van der Waals surface area contributed by atoms with Gasteiger partial charge in [0.1, 0.15) is 5.75 Å². The lowest BCUT2D eigenvalue weighted by atomic mass is 10.1. The van der Waals surface area contributed by atoms with E-state index in [4.69, 9.17) is 4.74 Å². The third-order valence-corrected chi connectivity index (χ3v) is 3.45. The molecule has 1 aromatic rings. The van der Waals surface area contributed by atoms with E-state index in [1.807, 2.05) is 7.05 Å². The minimum absolute atomic E-state index is 0.619. The van der Waals surface area contributed by atoms with Gasteiger partial charge in [0.25, 0.3) is 0 Å². The number of rotatable bonds is 7. The van der Waals surface area contributed by atoms with E-state index in [1.165, 1.54) is 29.5 Å². The van der Waals surface area contributed by atoms with Crippen LogP contribution in [0, 0.1) is 20.8 Å². The van der Waals surface area contributed by atoms with E-state index >= 15 is 0 Å².